The average Bonchev–Trinajstić information content (AvgIpc) is 2.90. The summed E-state index contributed by atoms with van der Waals surface area (Å²) >= 11 is 1.63. The summed E-state index contributed by atoms with van der Waals surface area (Å²) in [5.41, 5.74) is 0.918. The molecular formula is C14H12N4O2S. The van der Waals surface area contributed by atoms with Crippen LogP contribution in [0, 0.1) is 17.0 Å². The molecule has 2 aromatic heterocycles. The van der Waals surface area contributed by atoms with Gasteiger partial charge in [0.25, 0.3) is 5.69 Å². The molecule has 0 fully saturated rings. The van der Waals surface area contributed by atoms with Crippen molar-refractivity contribution in [1.82, 2.24) is 9.97 Å². The third-order valence-corrected chi connectivity index (χ3v) is 4.03. The molecule has 106 valence electrons. The second-order valence-electron chi connectivity index (χ2n) is 4.51. The maximum Gasteiger partial charge on any atom is 0.278 e. The van der Waals surface area contributed by atoms with Gasteiger partial charge < -0.3 is 5.32 Å². The molecule has 6 nitrogen and oxygen atoms in total. The lowest BCUT2D eigenvalue weighted by Crippen LogP contribution is -1.99. The van der Waals surface area contributed by atoms with E-state index in [0.717, 1.165) is 21.0 Å². The van der Waals surface area contributed by atoms with E-state index in [9.17, 15) is 10.1 Å². The van der Waals surface area contributed by atoms with E-state index >= 15 is 0 Å². The van der Waals surface area contributed by atoms with Crippen LogP contribution in [-0.4, -0.2) is 14.9 Å². The number of hydrogen-bond acceptors (Lipinski definition) is 6. The third kappa shape index (κ3) is 2.68. The topological polar surface area (TPSA) is 81.0 Å². The van der Waals surface area contributed by atoms with Crippen LogP contribution in [0.4, 0.5) is 11.4 Å². The molecule has 0 bridgehead atoms. The van der Waals surface area contributed by atoms with Gasteiger partial charge >= 0.3 is 0 Å². The predicted octanol–water partition coefficient (Wildman–Crippen LogP) is 3.52. The Kier molecular flexibility index (Phi) is 3.49. The van der Waals surface area contributed by atoms with Crippen molar-refractivity contribution >= 4 is 33.5 Å². The van der Waals surface area contributed by atoms with Crippen LogP contribution >= 0.6 is 11.3 Å². The number of non-ortho nitro benzene ring substituents is 1. The van der Waals surface area contributed by atoms with E-state index in [1.807, 2.05) is 13.1 Å². The van der Waals surface area contributed by atoms with Crippen LogP contribution in [0.3, 0.4) is 0 Å². The van der Waals surface area contributed by atoms with Gasteiger partial charge in [0, 0.05) is 40.6 Å². The molecule has 2 heterocycles. The number of nitrogens with zero attached hydrogens (tertiary/aromatic N) is 3. The van der Waals surface area contributed by atoms with Crippen LogP contribution in [0.25, 0.3) is 10.8 Å². The first-order chi connectivity index (χ1) is 10.1. The van der Waals surface area contributed by atoms with Gasteiger partial charge in [-0.05, 0) is 19.1 Å². The Balaban J connectivity index is 1.96. The summed E-state index contributed by atoms with van der Waals surface area (Å²) in [5, 5.41) is 16.7. The minimum atomic E-state index is -0.389. The Morgan fingerprint density at radius 1 is 1.29 bits per heavy atom. The zero-order valence-corrected chi connectivity index (χ0v) is 12.1. The van der Waals surface area contributed by atoms with Crippen LogP contribution < -0.4 is 5.32 Å². The summed E-state index contributed by atoms with van der Waals surface area (Å²) in [6.07, 6.45) is 4.99. The summed E-state index contributed by atoms with van der Waals surface area (Å²) in [6, 6.07) is 5.02. The van der Waals surface area contributed by atoms with E-state index in [1.165, 1.54) is 12.3 Å². The first-order valence-electron chi connectivity index (χ1n) is 6.31. The molecule has 0 aliphatic carbocycles. The number of thiazole rings is 1. The molecule has 0 atom stereocenters. The molecule has 7 heteroatoms. The van der Waals surface area contributed by atoms with Crippen LogP contribution in [-0.2, 0) is 6.54 Å². The van der Waals surface area contributed by atoms with E-state index in [1.54, 1.807) is 29.7 Å². The standard InChI is InChI=1S/C14H12N4O2S/c1-9-16-6-10(21-9)7-17-13-2-3-14(18(19)20)12-8-15-5-4-11(12)13/h2-6,8,17H,7H2,1H3. The van der Waals surface area contributed by atoms with Crippen molar-refractivity contribution in [3.8, 4) is 0 Å². The van der Waals surface area contributed by atoms with Gasteiger partial charge in [-0.2, -0.15) is 0 Å². The molecule has 0 saturated carbocycles. The SMILES string of the molecule is Cc1ncc(CNc2ccc([N+](=O)[O-])c3cnccc23)s1. The van der Waals surface area contributed by atoms with Gasteiger partial charge in [-0.25, -0.2) is 4.98 Å². The number of fused-ring (bicyclic) bond motifs is 1. The summed E-state index contributed by atoms with van der Waals surface area (Å²) in [7, 11) is 0. The number of aryl methyl sites for hydroxylation is 1. The Morgan fingerprint density at radius 3 is 2.86 bits per heavy atom. The van der Waals surface area contributed by atoms with Crippen molar-refractivity contribution in [2.75, 3.05) is 5.32 Å². The normalized spacial score (nSPS) is 10.7. The van der Waals surface area contributed by atoms with Crippen molar-refractivity contribution in [2.24, 2.45) is 0 Å². The molecule has 0 amide bonds. The number of aromatic nitrogens is 2. The Bertz CT molecular complexity index is 816. The van der Waals surface area contributed by atoms with E-state index in [2.05, 4.69) is 15.3 Å². The van der Waals surface area contributed by atoms with Crippen molar-refractivity contribution < 1.29 is 4.92 Å². The molecule has 0 unspecified atom stereocenters. The highest BCUT2D eigenvalue weighted by molar-refractivity contribution is 7.11. The van der Waals surface area contributed by atoms with Crippen LogP contribution in [0.5, 0.6) is 0 Å². The molecule has 1 N–H and O–H groups in total. The maximum absolute atomic E-state index is 11.1. The molecule has 3 aromatic rings. The van der Waals surface area contributed by atoms with Gasteiger partial charge in [-0.15, -0.1) is 11.3 Å². The molecule has 0 radical (unpaired) electrons. The summed E-state index contributed by atoms with van der Waals surface area (Å²) in [6.45, 7) is 2.60. The number of benzene rings is 1. The zero-order chi connectivity index (χ0) is 14.8. The van der Waals surface area contributed by atoms with Crippen LogP contribution in [0.1, 0.15) is 9.88 Å². The molecule has 21 heavy (non-hydrogen) atoms. The van der Waals surface area contributed by atoms with Crippen LogP contribution in [0.2, 0.25) is 0 Å². The Morgan fingerprint density at radius 2 is 2.14 bits per heavy atom. The highest BCUT2D eigenvalue weighted by Gasteiger charge is 2.14. The van der Waals surface area contributed by atoms with Crippen molar-refractivity contribution in [3.63, 3.8) is 0 Å². The third-order valence-electron chi connectivity index (χ3n) is 3.11. The lowest BCUT2D eigenvalue weighted by molar-refractivity contribution is -0.383. The molecule has 1 aromatic carbocycles. The van der Waals surface area contributed by atoms with Crippen LogP contribution in [0.15, 0.2) is 36.8 Å². The van der Waals surface area contributed by atoms with Gasteiger partial charge in [0.1, 0.15) is 0 Å². The van der Waals surface area contributed by atoms with Gasteiger partial charge in [-0.3, -0.25) is 15.1 Å². The second kappa shape index (κ2) is 5.45. The smallest absolute Gasteiger partial charge is 0.278 e. The van der Waals surface area contributed by atoms with Crippen molar-refractivity contribution in [1.29, 1.82) is 0 Å². The first kappa shape index (κ1) is 13.4. The number of hydrogen-bond donors (Lipinski definition) is 1. The summed E-state index contributed by atoms with van der Waals surface area (Å²) in [5.74, 6) is 0. The number of pyridine rings is 1. The quantitative estimate of drug-likeness (QED) is 0.589. The Labute approximate surface area is 124 Å². The average molecular weight is 300 g/mol. The monoisotopic (exact) mass is 300 g/mol. The fraction of sp³-hybridized carbons (Fsp3) is 0.143. The van der Waals surface area contributed by atoms with Gasteiger partial charge in [0.15, 0.2) is 0 Å². The van der Waals surface area contributed by atoms with Crippen molar-refractivity contribution in [3.05, 3.63) is 56.8 Å². The van der Waals surface area contributed by atoms with E-state index in [-0.39, 0.29) is 10.6 Å². The number of rotatable bonds is 4. The fourth-order valence-electron chi connectivity index (χ4n) is 2.16. The van der Waals surface area contributed by atoms with Gasteiger partial charge in [0.2, 0.25) is 0 Å². The number of nitrogens with one attached hydrogen (secondary N) is 1. The lowest BCUT2D eigenvalue weighted by Gasteiger charge is -2.08. The largest absolute Gasteiger partial charge is 0.380 e. The summed E-state index contributed by atoms with van der Waals surface area (Å²) < 4.78 is 0. The van der Waals surface area contributed by atoms with E-state index in [4.69, 9.17) is 0 Å². The first-order valence-corrected chi connectivity index (χ1v) is 7.13. The lowest BCUT2D eigenvalue weighted by atomic mass is 10.1. The molecular weight excluding hydrogens is 288 g/mol. The molecule has 3 rings (SSSR count). The molecule has 0 saturated heterocycles. The number of nitro benzene ring substituents is 1. The predicted molar refractivity (Wildman–Crippen MR) is 82.6 cm³/mol. The second-order valence-corrected chi connectivity index (χ2v) is 5.83. The highest BCUT2D eigenvalue weighted by Crippen LogP contribution is 2.31. The highest BCUT2D eigenvalue weighted by atomic mass is 32.1. The number of nitro groups is 1. The van der Waals surface area contributed by atoms with Gasteiger partial charge in [-0.1, -0.05) is 0 Å². The molecule has 0 aliphatic rings. The van der Waals surface area contributed by atoms with E-state index in [0.29, 0.717) is 11.9 Å². The summed E-state index contributed by atoms with van der Waals surface area (Å²) in [4.78, 5) is 20.0. The van der Waals surface area contributed by atoms with Crippen molar-refractivity contribution in [2.45, 2.75) is 13.5 Å². The minimum absolute atomic E-state index is 0.0669. The molecule has 0 aliphatic heterocycles. The number of anilines is 1. The molecule has 0 spiro atoms. The Hall–Kier alpha value is -2.54. The van der Waals surface area contributed by atoms with E-state index < -0.39 is 0 Å². The maximum atomic E-state index is 11.1. The zero-order valence-electron chi connectivity index (χ0n) is 11.2. The van der Waals surface area contributed by atoms with Gasteiger partial charge in [0.05, 0.1) is 21.9 Å². The fourth-order valence-corrected chi connectivity index (χ4v) is 2.89. The minimum Gasteiger partial charge on any atom is -0.380 e.